The summed E-state index contributed by atoms with van der Waals surface area (Å²) in [5.74, 6) is 0.519. The predicted octanol–water partition coefficient (Wildman–Crippen LogP) is 3.25. The average molecular weight is 392 g/mol. The maximum Gasteiger partial charge on any atom is 0.271 e. The van der Waals surface area contributed by atoms with Gasteiger partial charge < -0.3 is 10.0 Å². The summed E-state index contributed by atoms with van der Waals surface area (Å²) in [4.78, 5) is 14.3. The lowest BCUT2D eigenvalue weighted by molar-refractivity contribution is 0.0665. The first-order valence-corrected chi connectivity index (χ1v) is 9.05. The van der Waals surface area contributed by atoms with Crippen molar-refractivity contribution in [3.8, 4) is 0 Å². The van der Waals surface area contributed by atoms with Gasteiger partial charge in [-0.2, -0.15) is 5.10 Å². The van der Waals surface area contributed by atoms with Crippen LogP contribution < -0.4 is 0 Å². The Hall–Kier alpha value is -1.66. The van der Waals surface area contributed by atoms with Gasteiger partial charge in [-0.1, -0.05) is 40.5 Å². The Kier molecular flexibility index (Phi) is 5.36. The van der Waals surface area contributed by atoms with Crippen molar-refractivity contribution < 1.29 is 9.90 Å². The average Bonchev–Trinajstić information content (AvgIpc) is 2.98. The zero-order valence-corrected chi connectivity index (χ0v) is 15.3. The molecule has 1 fully saturated rings. The standard InChI is InChI=1S/C18H22BrN3O2/c1-21(12-17(23)14-7-2-3-8-15(14)19)18(24)16-9-10-20-22(16)11-13-5-4-6-13/h2-3,7-10,13,17,23H,4-6,11-12H2,1H3. The Balaban J connectivity index is 1.66. The van der Waals surface area contributed by atoms with Gasteiger partial charge in [0.2, 0.25) is 0 Å². The van der Waals surface area contributed by atoms with Gasteiger partial charge in [-0.3, -0.25) is 9.48 Å². The maximum absolute atomic E-state index is 12.7. The third-order valence-corrected chi connectivity index (χ3v) is 5.37. The summed E-state index contributed by atoms with van der Waals surface area (Å²) in [5.41, 5.74) is 1.36. The van der Waals surface area contributed by atoms with Crippen LogP contribution in [0.5, 0.6) is 0 Å². The van der Waals surface area contributed by atoms with Crippen LogP contribution in [0.25, 0.3) is 0 Å². The van der Waals surface area contributed by atoms with E-state index in [2.05, 4.69) is 21.0 Å². The first kappa shape index (κ1) is 17.2. The zero-order chi connectivity index (χ0) is 17.1. The summed E-state index contributed by atoms with van der Waals surface area (Å²) in [6.45, 7) is 1.03. The van der Waals surface area contributed by atoms with Crippen molar-refractivity contribution in [3.63, 3.8) is 0 Å². The second-order valence-electron chi connectivity index (χ2n) is 6.42. The Morgan fingerprint density at radius 2 is 2.17 bits per heavy atom. The van der Waals surface area contributed by atoms with Crippen LogP contribution >= 0.6 is 15.9 Å². The Morgan fingerprint density at radius 1 is 1.42 bits per heavy atom. The molecule has 3 rings (SSSR count). The lowest BCUT2D eigenvalue weighted by Gasteiger charge is -2.26. The molecule has 2 aromatic rings. The second-order valence-corrected chi connectivity index (χ2v) is 7.27. The smallest absolute Gasteiger partial charge is 0.271 e. The van der Waals surface area contributed by atoms with E-state index < -0.39 is 6.10 Å². The fraction of sp³-hybridized carbons (Fsp3) is 0.444. The first-order valence-electron chi connectivity index (χ1n) is 8.26. The summed E-state index contributed by atoms with van der Waals surface area (Å²) >= 11 is 3.44. The fourth-order valence-electron chi connectivity index (χ4n) is 2.96. The van der Waals surface area contributed by atoms with E-state index in [1.165, 1.54) is 19.3 Å². The van der Waals surface area contributed by atoms with Crippen LogP contribution in [-0.2, 0) is 6.54 Å². The number of amides is 1. The number of carbonyl (C=O) groups excluding carboxylic acids is 1. The van der Waals surface area contributed by atoms with Crippen molar-refractivity contribution in [2.75, 3.05) is 13.6 Å². The number of hydrogen-bond donors (Lipinski definition) is 1. The number of carbonyl (C=O) groups is 1. The monoisotopic (exact) mass is 391 g/mol. The van der Waals surface area contributed by atoms with Gasteiger partial charge in [0.05, 0.1) is 12.6 Å². The largest absolute Gasteiger partial charge is 0.387 e. The predicted molar refractivity (Wildman–Crippen MR) is 95.6 cm³/mol. The molecule has 1 N–H and O–H groups in total. The normalized spacial score (nSPS) is 15.8. The lowest BCUT2D eigenvalue weighted by atomic mass is 9.85. The lowest BCUT2D eigenvalue weighted by Crippen LogP contribution is -2.33. The third-order valence-electron chi connectivity index (χ3n) is 4.65. The molecule has 1 aliphatic rings. The van der Waals surface area contributed by atoms with Gasteiger partial charge in [-0.15, -0.1) is 0 Å². The van der Waals surface area contributed by atoms with Crippen molar-refractivity contribution in [2.24, 2.45) is 5.92 Å². The van der Waals surface area contributed by atoms with Gasteiger partial charge in [-0.25, -0.2) is 0 Å². The topological polar surface area (TPSA) is 58.4 Å². The van der Waals surface area contributed by atoms with Crippen LogP contribution in [0.1, 0.15) is 41.4 Å². The number of aromatic nitrogens is 2. The summed E-state index contributed by atoms with van der Waals surface area (Å²) < 4.78 is 2.64. The highest BCUT2D eigenvalue weighted by atomic mass is 79.9. The van der Waals surface area contributed by atoms with Gasteiger partial charge in [-0.05, 0) is 36.5 Å². The van der Waals surface area contributed by atoms with E-state index >= 15 is 0 Å². The van der Waals surface area contributed by atoms with Crippen molar-refractivity contribution >= 4 is 21.8 Å². The molecule has 0 aliphatic heterocycles. The molecule has 1 atom stereocenters. The molecule has 128 valence electrons. The van der Waals surface area contributed by atoms with E-state index in [0.717, 1.165) is 16.6 Å². The molecule has 0 saturated heterocycles. The minimum Gasteiger partial charge on any atom is -0.387 e. The number of halogens is 1. The van der Waals surface area contributed by atoms with Gasteiger partial charge in [0.25, 0.3) is 5.91 Å². The van der Waals surface area contributed by atoms with Crippen molar-refractivity contribution in [2.45, 2.75) is 31.9 Å². The minimum atomic E-state index is -0.738. The highest BCUT2D eigenvalue weighted by Crippen LogP contribution is 2.28. The number of aliphatic hydroxyl groups excluding tert-OH is 1. The highest BCUT2D eigenvalue weighted by Gasteiger charge is 2.24. The third kappa shape index (κ3) is 3.70. The SMILES string of the molecule is CN(CC(O)c1ccccc1Br)C(=O)c1ccnn1CC1CCC1. The Morgan fingerprint density at radius 3 is 2.83 bits per heavy atom. The maximum atomic E-state index is 12.7. The highest BCUT2D eigenvalue weighted by molar-refractivity contribution is 9.10. The van der Waals surface area contributed by atoms with Crippen molar-refractivity contribution in [3.05, 3.63) is 52.3 Å². The minimum absolute atomic E-state index is 0.113. The van der Waals surface area contributed by atoms with Crippen LogP contribution in [0, 0.1) is 5.92 Å². The Labute approximate surface area is 150 Å². The van der Waals surface area contributed by atoms with Crippen molar-refractivity contribution in [1.29, 1.82) is 0 Å². The second kappa shape index (κ2) is 7.49. The van der Waals surface area contributed by atoms with E-state index in [1.807, 2.05) is 24.3 Å². The summed E-state index contributed by atoms with van der Waals surface area (Å²) in [7, 11) is 1.71. The molecule has 1 heterocycles. The fourth-order valence-corrected chi connectivity index (χ4v) is 3.51. The van der Waals surface area contributed by atoms with Crippen LogP contribution in [0.2, 0.25) is 0 Å². The van der Waals surface area contributed by atoms with Crippen molar-refractivity contribution in [1.82, 2.24) is 14.7 Å². The van der Waals surface area contributed by atoms with Crippen LogP contribution in [0.15, 0.2) is 41.0 Å². The molecule has 24 heavy (non-hydrogen) atoms. The molecule has 6 heteroatoms. The Bertz CT molecular complexity index is 712. The molecule has 1 unspecified atom stereocenters. The van der Waals surface area contributed by atoms with E-state index in [-0.39, 0.29) is 12.5 Å². The molecule has 1 amide bonds. The molecule has 5 nitrogen and oxygen atoms in total. The van der Waals surface area contributed by atoms with Gasteiger partial charge >= 0.3 is 0 Å². The molecule has 0 bridgehead atoms. The number of aliphatic hydroxyl groups is 1. The van der Waals surface area contributed by atoms with Gasteiger partial charge in [0, 0.05) is 24.3 Å². The molecule has 1 saturated carbocycles. The molecule has 1 aromatic heterocycles. The molecule has 1 aromatic carbocycles. The van der Waals surface area contributed by atoms with E-state index in [0.29, 0.717) is 11.6 Å². The first-order chi connectivity index (χ1) is 11.6. The van der Waals surface area contributed by atoms with Crippen LogP contribution in [0.4, 0.5) is 0 Å². The molecular weight excluding hydrogens is 370 g/mol. The van der Waals surface area contributed by atoms with E-state index in [9.17, 15) is 9.90 Å². The van der Waals surface area contributed by atoms with E-state index in [4.69, 9.17) is 0 Å². The number of benzene rings is 1. The van der Waals surface area contributed by atoms with Gasteiger partial charge in [0.1, 0.15) is 5.69 Å². The summed E-state index contributed by atoms with van der Waals surface area (Å²) in [6.07, 6.45) is 4.63. The quantitative estimate of drug-likeness (QED) is 0.821. The van der Waals surface area contributed by atoms with E-state index in [1.54, 1.807) is 28.9 Å². The molecule has 0 radical (unpaired) electrons. The summed E-state index contributed by atoms with van der Waals surface area (Å²) in [5, 5.41) is 14.7. The molecule has 1 aliphatic carbocycles. The van der Waals surface area contributed by atoms with Gasteiger partial charge in [0.15, 0.2) is 0 Å². The molecular formula is C18H22BrN3O2. The zero-order valence-electron chi connectivity index (χ0n) is 13.7. The van der Waals surface area contributed by atoms with Crippen LogP contribution in [-0.4, -0.2) is 39.3 Å². The number of rotatable bonds is 6. The number of nitrogens with zero attached hydrogens (tertiary/aromatic N) is 3. The number of likely N-dealkylation sites (N-methyl/N-ethyl adjacent to an activating group) is 1. The summed E-state index contributed by atoms with van der Waals surface area (Å²) in [6, 6.07) is 9.26. The van der Waals surface area contributed by atoms with Crippen LogP contribution in [0.3, 0.4) is 0 Å². The molecule has 0 spiro atoms. The number of hydrogen-bond acceptors (Lipinski definition) is 3.